The summed E-state index contributed by atoms with van der Waals surface area (Å²) in [5.41, 5.74) is 0.116. The fourth-order valence-corrected chi connectivity index (χ4v) is 2.56. The molecule has 1 saturated heterocycles. The van der Waals surface area contributed by atoms with Gasteiger partial charge in [0.05, 0.1) is 12.2 Å². The lowest BCUT2D eigenvalue weighted by atomic mass is 9.75. The molecule has 2 nitrogen and oxygen atoms in total. The molecule has 2 rings (SSSR count). The summed E-state index contributed by atoms with van der Waals surface area (Å²) >= 11 is 0. The molecule has 0 aromatic carbocycles. The smallest absolute Gasteiger partial charge is 0.147 e. The molecule has 1 aliphatic heterocycles. The molecule has 1 saturated carbocycles. The van der Waals surface area contributed by atoms with Gasteiger partial charge in [0.2, 0.25) is 0 Å². The highest BCUT2D eigenvalue weighted by Gasteiger charge is 2.40. The zero-order valence-electron chi connectivity index (χ0n) is 8.71. The van der Waals surface area contributed by atoms with E-state index in [1.165, 1.54) is 25.7 Å². The first-order chi connectivity index (χ1) is 6.22. The molecule has 0 aromatic rings. The Morgan fingerprint density at radius 3 is 2.38 bits per heavy atom. The van der Waals surface area contributed by atoms with E-state index in [1.54, 1.807) is 0 Å². The van der Waals surface area contributed by atoms with E-state index in [-0.39, 0.29) is 5.60 Å². The third-order valence-electron chi connectivity index (χ3n) is 3.70. The van der Waals surface area contributed by atoms with Crippen molar-refractivity contribution in [2.45, 2.75) is 45.1 Å². The predicted molar refractivity (Wildman–Crippen MR) is 51.4 cm³/mol. The van der Waals surface area contributed by atoms with Crippen LogP contribution in [0.4, 0.5) is 0 Å². The van der Waals surface area contributed by atoms with E-state index in [4.69, 9.17) is 9.47 Å². The molecule has 1 heterocycles. The van der Waals surface area contributed by atoms with Gasteiger partial charge < -0.3 is 9.47 Å². The van der Waals surface area contributed by atoms with Crippen LogP contribution >= 0.6 is 0 Å². The van der Waals surface area contributed by atoms with Crippen LogP contribution in [0.15, 0.2) is 0 Å². The molecule has 1 spiro atoms. The summed E-state index contributed by atoms with van der Waals surface area (Å²) < 4.78 is 11.0. The average Bonchev–Trinajstić information content (AvgIpc) is 2.54. The van der Waals surface area contributed by atoms with E-state index in [1.807, 2.05) is 0 Å². The molecule has 2 aliphatic rings. The van der Waals surface area contributed by atoms with Crippen molar-refractivity contribution in [3.8, 4) is 0 Å². The molecular weight excluding hydrogens is 164 g/mol. The molecule has 0 radical (unpaired) electrons. The fraction of sp³-hybridized carbons (Fsp3) is 1.00. The first-order valence-corrected chi connectivity index (χ1v) is 5.44. The lowest BCUT2D eigenvalue weighted by Gasteiger charge is -2.36. The monoisotopic (exact) mass is 184 g/mol. The summed E-state index contributed by atoms with van der Waals surface area (Å²) in [6.45, 7) is 6.01. The van der Waals surface area contributed by atoms with Crippen molar-refractivity contribution in [3.63, 3.8) is 0 Å². The van der Waals surface area contributed by atoms with E-state index >= 15 is 0 Å². The van der Waals surface area contributed by atoms with Gasteiger partial charge in [0.1, 0.15) is 6.79 Å². The molecule has 0 aromatic heterocycles. The second-order valence-electron chi connectivity index (χ2n) is 4.88. The van der Waals surface area contributed by atoms with E-state index in [0.29, 0.717) is 6.79 Å². The molecule has 2 heteroatoms. The molecular formula is C11H20O2. The van der Waals surface area contributed by atoms with Gasteiger partial charge in [-0.15, -0.1) is 0 Å². The first kappa shape index (κ1) is 9.47. The summed E-state index contributed by atoms with van der Waals surface area (Å²) in [4.78, 5) is 0. The summed E-state index contributed by atoms with van der Waals surface area (Å²) in [6, 6.07) is 0. The minimum atomic E-state index is 0.116. The van der Waals surface area contributed by atoms with Gasteiger partial charge in [-0.3, -0.25) is 0 Å². The van der Waals surface area contributed by atoms with Crippen LogP contribution in [0.1, 0.15) is 39.5 Å². The van der Waals surface area contributed by atoms with Gasteiger partial charge in [-0.1, -0.05) is 13.8 Å². The Morgan fingerprint density at radius 2 is 1.92 bits per heavy atom. The number of rotatable bonds is 1. The topological polar surface area (TPSA) is 18.5 Å². The summed E-state index contributed by atoms with van der Waals surface area (Å²) in [6.07, 6.45) is 5.05. The highest BCUT2D eigenvalue weighted by Crippen LogP contribution is 2.39. The van der Waals surface area contributed by atoms with Crippen molar-refractivity contribution in [1.29, 1.82) is 0 Å². The minimum absolute atomic E-state index is 0.116. The lowest BCUT2D eigenvalue weighted by molar-refractivity contribution is -0.0410. The molecule has 1 aliphatic carbocycles. The largest absolute Gasteiger partial charge is 0.352 e. The zero-order chi connectivity index (χ0) is 9.31. The molecule has 2 fully saturated rings. The van der Waals surface area contributed by atoms with Gasteiger partial charge in [-0.05, 0) is 37.5 Å². The Bertz CT molecular complexity index is 161. The summed E-state index contributed by atoms with van der Waals surface area (Å²) in [5, 5.41) is 0. The summed E-state index contributed by atoms with van der Waals surface area (Å²) in [7, 11) is 0. The van der Waals surface area contributed by atoms with E-state index in [9.17, 15) is 0 Å². The molecule has 76 valence electrons. The van der Waals surface area contributed by atoms with Crippen LogP contribution in [0, 0.1) is 11.8 Å². The Balaban J connectivity index is 1.88. The molecule has 0 unspecified atom stereocenters. The van der Waals surface area contributed by atoms with Crippen molar-refractivity contribution in [3.05, 3.63) is 0 Å². The quantitative estimate of drug-likeness (QED) is 0.623. The van der Waals surface area contributed by atoms with Crippen LogP contribution in [-0.4, -0.2) is 19.0 Å². The van der Waals surface area contributed by atoms with Crippen LogP contribution in [0.3, 0.4) is 0 Å². The van der Waals surface area contributed by atoms with E-state index in [2.05, 4.69) is 13.8 Å². The SMILES string of the molecule is CC(C)C1CCC2(CC1)COCO2. The molecule has 0 amide bonds. The maximum atomic E-state index is 5.69. The highest BCUT2D eigenvalue weighted by molar-refractivity contribution is 4.89. The van der Waals surface area contributed by atoms with Crippen molar-refractivity contribution in [2.24, 2.45) is 11.8 Å². The van der Waals surface area contributed by atoms with Crippen molar-refractivity contribution >= 4 is 0 Å². The second-order valence-corrected chi connectivity index (χ2v) is 4.88. The normalized spacial score (nSPS) is 40.4. The highest BCUT2D eigenvalue weighted by atomic mass is 16.7. The zero-order valence-corrected chi connectivity index (χ0v) is 8.71. The predicted octanol–water partition coefficient (Wildman–Crippen LogP) is 2.58. The number of hydrogen-bond donors (Lipinski definition) is 0. The third-order valence-corrected chi connectivity index (χ3v) is 3.70. The number of hydrogen-bond acceptors (Lipinski definition) is 2. The fourth-order valence-electron chi connectivity index (χ4n) is 2.56. The van der Waals surface area contributed by atoms with Gasteiger partial charge in [0.25, 0.3) is 0 Å². The molecule has 0 bridgehead atoms. The van der Waals surface area contributed by atoms with E-state index in [0.717, 1.165) is 18.4 Å². The van der Waals surface area contributed by atoms with Crippen LogP contribution in [0.5, 0.6) is 0 Å². The standard InChI is InChI=1S/C11H20O2/c1-9(2)10-3-5-11(6-4-10)7-12-8-13-11/h9-10H,3-8H2,1-2H3. The van der Waals surface area contributed by atoms with Gasteiger partial charge in [0.15, 0.2) is 0 Å². The lowest BCUT2D eigenvalue weighted by Crippen LogP contribution is -2.37. The third kappa shape index (κ3) is 1.89. The van der Waals surface area contributed by atoms with Gasteiger partial charge in [-0.25, -0.2) is 0 Å². The Hall–Kier alpha value is -0.0800. The Labute approximate surface area is 80.6 Å². The second kappa shape index (κ2) is 3.58. The van der Waals surface area contributed by atoms with Crippen molar-refractivity contribution in [2.75, 3.05) is 13.4 Å². The van der Waals surface area contributed by atoms with Crippen LogP contribution in [-0.2, 0) is 9.47 Å². The molecule has 13 heavy (non-hydrogen) atoms. The van der Waals surface area contributed by atoms with Crippen LogP contribution in [0.2, 0.25) is 0 Å². The van der Waals surface area contributed by atoms with Crippen molar-refractivity contribution in [1.82, 2.24) is 0 Å². The molecule has 0 N–H and O–H groups in total. The maximum absolute atomic E-state index is 5.69. The average molecular weight is 184 g/mol. The van der Waals surface area contributed by atoms with Gasteiger partial charge in [0, 0.05) is 0 Å². The summed E-state index contributed by atoms with van der Waals surface area (Å²) in [5.74, 6) is 1.74. The van der Waals surface area contributed by atoms with Crippen molar-refractivity contribution < 1.29 is 9.47 Å². The Morgan fingerprint density at radius 1 is 1.23 bits per heavy atom. The Kier molecular flexibility index (Phi) is 2.61. The maximum Gasteiger partial charge on any atom is 0.147 e. The minimum Gasteiger partial charge on any atom is -0.352 e. The molecule has 0 atom stereocenters. The van der Waals surface area contributed by atoms with Gasteiger partial charge in [-0.2, -0.15) is 0 Å². The van der Waals surface area contributed by atoms with Gasteiger partial charge >= 0.3 is 0 Å². The number of ether oxygens (including phenoxy) is 2. The van der Waals surface area contributed by atoms with Crippen LogP contribution in [0.25, 0.3) is 0 Å². The first-order valence-electron chi connectivity index (χ1n) is 5.44. The van der Waals surface area contributed by atoms with E-state index < -0.39 is 0 Å². The van der Waals surface area contributed by atoms with Crippen LogP contribution < -0.4 is 0 Å².